The quantitative estimate of drug-likeness (QED) is 0.158. The molecule has 3 aromatic rings. The SMILES string of the molecule is COC(=O)[C@H](Cc1ccc(OCCN(C(=O)CCC2CCCC2)C(C)(C)C)cc1)Nc1ccccc1C(=O)c1ccccc1. The van der Waals surface area contributed by atoms with Crippen molar-refractivity contribution < 1.29 is 23.9 Å². The molecule has 7 heteroatoms. The Bertz CT molecular complexity index is 1380. The molecule has 7 nitrogen and oxygen atoms in total. The Morgan fingerprint density at radius 3 is 2.23 bits per heavy atom. The number of para-hydroxylation sites is 1. The Morgan fingerprint density at radius 1 is 0.909 bits per heavy atom. The molecule has 1 amide bonds. The van der Waals surface area contributed by atoms with E-state index in [1.54, 1.807) is 30.3 Å². The van der Waals surface area contributed by atoms with Crippen molar-refractivity contribution in [3.63, 3.8) is 0 Å². The van der Waals surface area contributed by atoms with Gasteiger partial charge in [0.15, 0.2) is 5.78 Å². The van der Waals surface area contributed by atoms with Gasteiger partial charge in [-0.2, -0.15) is 0 Å². The van der Waals surface area contributed by atoms with Crippen LogP contribution in [-0.2, 0) is 20.7 Å². The van der Waals surface area contributed by atoms with E-state index in [2.05, 4.69) is 26.1 Å². The van der Waals surface area contributed by atoms with Crippen molar-refractivity contribution in [1.29, 1.82) is 0 Å². The van der Waals surface area contributed by atoms with Crippen LogP contribution < -0.4 is 10.1 Å². The number of hydrogen-bond acceptors (Lipinski definition) is 6. The Labute approximate surface area is 261 Å². The van der Waals surface area contributed by atoms with E-state index in [4.69, 9.17) is 9.47 Å². The van der Waals surface area contributed by atoms with Crippen molar-refractivity contribution in [3.05, 3.63) is 95.6 Å². The second kappa shape index (κ2) is 15.6. The molecule has 44 heavy (non-hydrogen) atoms. The lowest BCUT2D eigenvalue weighted by atomic mass is 9.99. The van der Waals surface area contributed by atoms with Crippen LogP contribution in [0.4, 0.5) is 5.69 Å². The van der Waals surface area contributed by atoms with Gasteiger partial charge in [-0.15, -0.1) is 0 Å². The van der Waals surface area contributed by atoms with Crippen LogP contribution >= 0.6 is 0 Å². The number of rotatable bonds is 14. The number of methoxy groups -OCH3 is 1. The molecule has 1 aliphatic rings. The molecular formula is C37H46N2O5. The van der Waals surface area contributed by atoms with E-state index in [0.717, 1.165) is 12.0 Å². The number of ketones is 1. The molecule has 0 bridgehead atoms. The molecule has 1 atom stereocenters. The average Bonchev–Trinajstić information content (AvgIpc) is 3.55. The van der Waals surface area contributed by atoms with Crippen molar-refractivity contribution in [2.24, 2.45) is 5.92 Å². The van der Waals surface area contributed by atoms with E-state index in [1.165, 1.54) is 32.8 Å². The molecule has 0 saturated heterocycles. The maximum Gasteiger partial charge on any atom is 0.328 e. The van der Waals surface area contributed by atoms with Gasteiger partial charge >= 0.3 is 5.97 Å². The van der Waals surface area contributed by atoms with Gasteiger partial charge in [0.05, 0.1) is 13.7 Å². The van der Waals surface area contributed by atoms with Crippen LogP contribution in [0.2, 0.25) is 0 Å². The second-order valence-corrected chi connectivity index (χ2v) is 12.6. The molecule has 1 aliphatic carbocycles. The van der Waals surface area contributed by atoms with Crippen molar-refractivity contribution in [1.82, 2.24) is 4.90 Å². The standard InChI is InChI=1S/C37H46N2O5/c1-37(2,3)39(34(40)23-20-27-12-8-9-13-27)24-25-44-30-21-18-28(19-22-30)26-33(36(42)43-4)38-32-17-11-10-16-31(32)35(41)29-14-6-5-7-15-29/h5-7,10-11,14-19,21-22,27,33,38H,8-9,12-13,20,23-26H2,1-4H3/t33-/m0/s1. The molecule has 0 heterocycles. The maximum atomic E-state index is 13.2. The minimum Gasteiger partial charge on any atom is -0.492 e. The summed E-state index contributed by atoms with van der Waals surface area (Å²) in [5.74, 6) is 1.03. The number of carbonyl (C=O) groups is 3. The number of nitrogens with one attached hydrogen (secondary N) is 1. The van der Waals surface area contributed by atoms with Gasteiger partial charge in [0.25, 0.3) is 0 Å². The highest BCUT2D eigenvalue weighted by molar-refractivity contribution is 6.12. The van der Waals surface area contributed by atoms with Gasteiger partial charge in [-0.25, -0.2) is 4.79 Å². The van der Waals surface area contributed by atoms with Gasteiger partial charge in [0, 0.05) is 35.2 Å². The second-order valence-electron chi connectivity index (χ2n) is 12.6. The lowest BCUT2D eigenvalue weighted by Gasteiger charge is -2.36. The van der Waals surface area contributed by atoms with Crippen LogP contribution in [0.15, 0.2) is 78.9 Å². The summed E-state index contributed by atoms with van der Waals surface area (Å²) in [4.78, 5) is 41.0. The molecule has 0 unspecified atom stereocenters. The first-order valence-electron chi connectivity index (χ1n) is 15.7. The van der Waals surface area contributed by atoms with Crippen LogP contribution in [0, 0.1) is 5.92 Å². The fraction of sp³-hybridized carbons (Fsp3) is 0.432. The van der Waals surface area contributed by atoms with Gasteiger partial charge in [0.1, 0.15) is 18.4 Å². The lowest BCUT2D eigenvalue weighted by Crippen LogP contribution is -2.47. The van der Waals surface area contributed by atoms with E-state index in [0.29, 0.717) is 54.5 Å². The molecule has 3 aromatic carbocycles. The predicted octanol–water partition coefficient (Wildman–Crippen LogP) is 7.09. The highest BCUT2D eigenvalue weighted by Gasteiger charge is 2.27. The summed E-state index contributed by atoms with van der Waals surface area (Å²) in [5.41, 5.74) is 2.26. The molecule has 1 saturated carbocycles. The van der Waals surface area contributed by atoms with Gasteiger partial charge in [-0.3, -0.25) is 9.59 Å². The molecule has 0 aliphatic heterocycles. The molecule has 234 valence electrons. The molecule has 1 fully saturated rings. The number of nitrogens with zero attached hydrogens (tertiary/aromatic N) is 1. The van der Waals surface area contributed by atoms with E-state index in [-0.39, 0.29) is 17.2 Å². The fourth-order valence-electron chi connectivity index (χ4n) is 5.88. The maximum absolute atomic E-state index is 13.2. The average molecular weight is 599 g/mol. The van der Waals surface area contributed by atoms with E-state index < -0.39 is 12.0 Å². The predicted molar refractivity (Wildman–Crippen MR) is 174 cm³/mol. The first-order valence-corrected chi connectivity index (χ1v) is 15.7. The van der Waals surface area contributed by atoms with Crippen LogP contribution in [0.1, 0.15) is 80.8 Å². The van der Waals surface area contributed by atoms with Crippen LogP contribution in [0.25, 0.3) is 0 Å². The summed E-state index contributed by atoms with van der Waals surface area (Å²) in [6.07, 6.45) is 7.00. The van der Waals surface area contributed by atoms with Crippen LogP contribution in [0.3, 0.4) is 0 Å². The zero-order chi connectivity index (χ0) is 31.5. The zero-order valence-electron chi connectivity index (χ0n) is 26.5. The Balaban J connectivity index is 1.35. The van der Waals surface area contributed by atoms with Gasteiger partial charge in [-0.1, -0.05) is 80.3 Å². The molecule has 0 aromatic heterocycles. The third-order valence-electron chi connectivity index (χ3n) is 8.32. The Kier molecular flexibility index (Phi) is 11.6. The third kappa shape index (κ3) is 9.18. The first-order chi connectivity index (χ1) is 21.2. The zero-order valence-corrected chi connectivity index (χ0v) is 26.5. The van der Waals surface area contributed by atoms with Crippen LogP contribution in [-0.4, -0.2) is 54.4 Å². The molecular weight excluding hydrogens is 552 g/mol. The van der Waals surface area contributed by atoms with Gasteiger partial charge < -0.3 is 19.7 Å². The summed E-state index contributed by atoms with van der Waals surface area (Å²) >= 11 is 0. The van der Waals surface area contributed by atoms with Gasteiger partial charge in [-0.05, 0) is 62.9 Å². The largest absolute Gasteiger partial charge is 0.492 e. The molecule has 0 spiro atoms. The smallest absolute Gasteiger partial charge is 0.328 e. The number of ether oxygens (including phenoxy) is 2. The van der Waals surface area contributed by atoms with E-state index in [1.807, 2.05) is 53.4 Å². The topological polar surface area (TPSA) is 84.9 Å². The Morgan fingerprint density at radius 2 is 1.57 bits per heavy atom. The highest BCUT2D eigenvalue weighted by atomic mass is 16.5. The molecule has 1 N–H and O–H groups in total. The summed E-state index contributed by atoms with van der Waals surface area (Å²) in [6, 6.07) is 23.1. The first kappa shape index (κ1) is 32.8. The number of esters is 1. The number of hydrogen-bond donors (Lipinski definition) is 1. The van der Waals surface area contributed by atoms with Crippen molar-refractivity contribution in [2.75, 3.05) is 25.6 Å². The Hall–Kier alpha value is -4.13. The van der Waals surface area contributed by atoms with E-state index >= 15 is 0 Å². The summed E-state index contributed by atoms with van der Waals surface area (Å²) in [6.45, 7) is 7.11. The number of anilines is 1. The summed E-state index contributed by atoms with van der Waals surface area (Å²) in [5, 5.41) is 3.25. The van der Waals surface area contributed by atoms with Crippen LogP contribution in [0.5, 0.6) is 5.75 Å². The minimum absolute atomic E-state index is 0.126. The lowest BCUT2D eigenvalue weighted by molar-refractivity contribution is -0.141. The third-order valence-corrected chi connectivity index (χ3v) is 8.32. The summed E-state index contributed by atoms with van der Waals surface area (Å²) in [7, 11) is 1.36. The summed E-state index contributed by atoms with van der Waals surface area (Å²) < 4.78 is 11.1. The van der Waals surface area contributed by atoms with Gasteiger partial charge in [0.2, 0.25) is 5.91 Å². The van der Waals surface area contributed by atoms with Crippen molar-refractivity contribution in [2.45, 2.75) is 77.3 Å². The normalized spacial score (nSPS) is 14.1. The molecule has 0 radical (unpaired) electrons. The number of benzene rings is 3. The fourth-order valence-corrected chi connectivity index (χ4v) is 5.88. The van der Waals surface area contributed by atoms with Crippen molar-refractivity contribution >= 4 is 23.3 Å². The minimum atomic E-state index is -0.702. The van der Waals surface area contributed by atoms with E-state index in [9.17, 15) is 14.4 Å². The molecule has 4 rings (SSSR count). The monoisotopic (exact) mass is 598 g/mol. The number of carbonyl (C=O) groups excluding carboxylic acids is 3. The van der Waals surface area contributed by atoms with Crippen molar-refractivity contribution in [3.8, 4) is 5.75 Å². The highest BCUT2D eigenvalue weighted by Crippen LogP contribution is 2.29. The number of amides is 1.